The second kappa shape index (κ2) is 10.5. The van der Waals surface area contributed by atoms with Crippen LogP contribution in [0.2, 0.25) is 0 Å². The minimum absolute atomic E-state index is 0.696. The average Bonchev–Trinajstić information content (AvgIpc) is 3.17. The molecule has 7 aromatic carbocycles. The monoisotopic (exact) mass is 610 g/mol. The second-order valence-electron chi connectivity index (χ2n) is 12.3. The lowest BCUT2D eigenvalue weighted by Gasteiger charge is -2.14. The van der Waals surface area contributed by atoms with E-state index in [1.54, 1.807) is 0 Å². The number of fused-ring (bicyclic) bond motifs is 3. The standard InChI is InChI=1S/C44H26N4/c1-2-5-27(6-3-1)35-25-45-44(46-26-35)34-15-9-28(10-16-34)38-23-19-32-13-14-33-20-24-39(48-43(33)42(32)47-38)36-21-17-31-12-11-29-7-4-8-30-18-22-37(36)41(31)40(29)30/h1-26H. The van der Waals surface area contributed by atoms with E-state index in [-0.39, 0.29) is 0 Å². The summed E-state index contributed by atoms with van der Waals surface area (Å²) in [6, 6.07) is 51.2. The Hall–Kier alpha value is -6.52. The number of aromatic nitrogens is 4. The van der Waals surface area contributed by atoms with Gasteiger partial charge in [0.25, 0.3) is 0 Å². The Morgan fingerprint density at radius 3 is 1.62 bits per heavy atom. The lowest BCUT2D eigenvalue weighted by Crippen LogP contribution is -1.93. The van der Waals surface area contributed by atoms with Crippen molar-refractivity contribution in [3.05, 3.63) is 158 Å². The van der Waals surface area contributed by atoms with Gasteiger partial charge in [0, 0.05) is 45.4 Å². The molecule has 0 spiro atoms. The zero-order valence-corrected chi connectivity index (χ0v) is 25.8. The van der Waals surface area contributed by atoms with Gasteiger partial charge in [-0.3, -0.25) is 0 Å². The van der Waals surface area contributed by atoms with Crippen LogP contribution in [-0.2, 0) is 0 Å². The van der Waals surface area contributed by atoms with Crippen LogP contribution >= 0.6 is 0 Å². The van der Waals surface area contributed by atoms with E-state index in [1.807, 2.05) is 30.6 Å². The number of pyridine rings is 2. The van der Waals surface area contributed by atoms with Crippen molar-refractivity contribution in [1.82, 2.24) is 19.9 Å². The Morgan fingerprint density at radius 2 is 0.896 bits per heavy atom. The highest BCUT2D eigenvalue weighted by Gasteiger charge is 2.14. The molecule has 0 N–H and O–H groups in total. The van der Waals surface area contributed by atoms with Gasteiger partial charge in [-0.1, -0.05) is 133 Å². The van der Waals surface area contributed by atoms with Gasteiger partial charge in [-0.05, 0) is 50.0 Å². The van der Waals surface area contributed by atoms with Crippen LogP contribution in [0.15, 0.2) is 158 Å². The van der Waals surface area contributed by atoms with Crippen molar-refractivity contribution in [3.8, 4) is 45.0 Å². The van der Waals surface area contributed by atoms with Crippen molar-refractivity contribution in [2.24, 2.45) is 0 Å². The minimum Gasteiger partial charge on any atom is -0.245 e. The highest BCUT2D eigenvalue weighted by Crippen LogP contribution is 2.39. The smallest absolute Gasteiger partial charge is 0.159 e. The van der Waals surface area contributed by atoms with Gasteiger partial charge < -0.3 is 0 Å². The van der Waals surface area contributed by atoms with Gasteiger partial charge in [0.2, 0.25) is 0 Å². The van der Waals surface area contributed by atoms with Gasteiger partial charge in [0.15, 0.2) is 5.82 Å². The predicted octanol–water partition coefficient (Wildman–Crippen LogP) is 11.1. The molecule has 0 unspecified atom stereocenters. The first-order valence-corrected chi connectivity index (χ1v) is 16.1. The Balaban J connectivity index is 1.04. The topological polar surface area (TPSA) is 51.6 Å². The fraction of sp³-hybridized carbons (Fsp3) is 0. The van der Waals surface area contributed by atoms with Crippen LogP contribution in [0.25, 0.3) is 99.2 Å². The summed E-state index contributed by atoms with van der Waals surface area (Å²) in [5.41, 5.74) is 8.87. The lowest BCUT2D eigenvalue weighted by molar-refractivity contribution is 1.18. The van der Waals surface area contributed by atoms with Crippen LogP contribution in [0.4, 0.5) is 0 Å². The molecule has 10 rings (SSSR count). The summed E-state index contributed by atoms with van der Waals surface area (Å²) in [5, 5.41) is 9.73. The maximum absolute atomic E-state index is 5.29. The summed E-state index contributed by atoms with van der Waals surface area (Å²) in [4.78, 5) is 19.8. The number of rotatable bonds is 4. The Kier molecular flexibility index (Phi) is 5.84. The molecule has 4 heteroatoms. The van der Waals surface area contributed by atoms with Gasteiger partial charge in [-0.15, -0.1) is 0 Å². The highest BCUT2D eigenvalue weighted by atomic mass is 14.9. The molecule has 0 aliphatic rings. The normalized spacial score (nSPS) is 11.8. The summed E-state index contributed by atoms with van der Waals surface area (Å²) in [7, 11) is 0. The molecule has 0 aliphatic carbocycles. The van der Waals surface area contributed by atoms with Crippen LogP contribution in [0.5, 0.6) is 0 Å². The summed E-state index contributed by atoms with van der Waals surface area (Å²) in [6.45, 7) is 0. The molecule has 0 amide bonds. The van der Waals surface area contributed by atoms with Crippen LogP contribution < -0.4 is 0 Å². The number of hydrogen-bond acceptors (Lipinski definition) is 4. The van der Waals surface area contributed by atoms with E-state index in [9.17, 15) is 0 Å². The second-order valence-corrected chi connectivity index (χ2v) is 12.3. The molecule has 3 aromatic heterocycles. The molecule has 0 fully saturated rings. The number of hydrogen-bond donors (Lipinski definition) is 0. The zero-order valence-electron chi connectivity index (χ0n) is 25.8. The average molecular weight is 611 g/mol. The highest BCUT2D eigenvalue weighted by molar-refractivity contribution is 6.25. The fourth-order valence-electron chi connectivity index (χ4n) is 7.08. The molecule has 48 heavy (non-hydrogen) atoms. The summed E-state index contributed by atoms with van der Waals surface area (Å²) in [5.74, 6) is 0.696. The van der Waals surface area contributed by atoms with Gasteiger partial charge >= 0.3 is 0 Å². The van der Waals surface area contributed by atoms with E-state index in [0.717, 1.165) is 61.0 Å². The van der Waals surface area contributed by atoms with Crippen molar-refractivity contribution < 1.29 is 0 Å². The molecule has 0 saturated carbocycles. The van der Waals surface area contributed by atoms with Gasteiger partial charge in [0.1, 0.15) is 0 Å². The third kappa shape index (κ3) is 4.24. The van der Waals surface area contributed by atoms with Crippen LogP contribution in [-0.4, -0.2) is 19.9 Å². The van der Waals surface area contributed by atoms with Gasteiger partial charge in [-0.25, -0.2) is 19.9 Å². The molecule has 0 saturated heterocycles. The van der Waals surface area contributed by atoms with Crippen LogP contribution in [0, 0.1) is 0 Å². The Labute approximate surface area is 276 Å². The van der Waals surface area contributed by atoms with E-state index < -0.39 is 0 Å². The van der Waals surface area contributed by atoms with Gasteiger partial charge in [0.05, 0.1) is 22.4 Å². The first-order chi connectivity index (χ1) is 23.8. The van der Waals surface area contributed by atoms with E-state index in [4.69, 9.17) is 9.97 Å². The Morgan fingerprint density at radius 1 is 0.333 bits per heavy atom. The van der Waals surface area contributed by atoms with Crippen LogP contribution in [0.3, 0.4) is 0 Å². The number of benzene rings is 7. The third-order valence-corrected chi connectivity index (χ3v) is 9.52. The molecule has 0 radical (unpaired) electrons. The summed E-state index contributed by atoms with van der Waals surface area (Å²) in [6.07, 6.45) is 3.76. The van der Waals surface area contributed by atoms with E-state index in [1.165, 1.54) is 32.3 Å². The summed E-state index contributed by atoms with van der Waals surface area (Å²) >= 11 is 0. The maximum atomic E-state index is 5.29. The third-order valence-electron chi connectivity index (χ3n) is 9.52. The quantitative estimate of drug-likeness (QED) is 0.186. The van der Waals surface area contributed by atoms with E-state index >= 15 is 0 Å². The zero-order chi connectivity index (χ0) is 31.6. The van der Waals surface area contributed by atoms with Crippen LogP contribution in [0.1, 0.15) is 0 Å². The molecule has 0 atom stereocenters. The molecule has 10 aromatic rings. The van der Waals surface area contributed by atoms with Crippen molar-refractivity contribution >= 4 is 54.1 Å². The SMILES string of the molecule is c1ccc(-c2cnc(-c3ccc(-c4ccc5ccc6ccc(-c7ccc8ccc9cccc%10ccc7c8c9%10)nc6c5n4)cc3)nc2)cc1. The molecule has 0 bridgehead atoms. The first kappa shape index (κ1) is 26.7. The van der Waals surface area contributed by atoms with E-state index in [2.05, 4.69) is 137 Å². The molecular formula is C44H26N4. The largest absolute Gasteiger partial charge is 0.245 e. The minimum atomic E-state index is 0.696. The fourth-order valence-corrected chi connectivity index (χ4v) is 7.08. The molecule has 3 heterocycles. The van der Waals surface area contributed by atoms with Crippen molar-refractivity contribution in [1.29, 1.82) is 0 Å². The summed E-state index contributed by atoms with van der Waals surface area (Å²) < 4.78 is 0. The maximum Gasteiger partial charge on any atom is 0.159 e. The molecular weight excluding hydrogens is 585 g/mol. The van der Waals surface area contributed by atoms with E-state index in [0.29, 0.717) is 5.82 Å². The van der Waals surface area contributed by atoms with Crippen molar-refractivity contribution in [2.75, 3.05) is 0 Å². The predicted molar refractivity (Wildman–Crippen MR) is 198 cm³/mol. The Bertz CT molecular complexity index is 2790. The lowest BCUT2D eigenvalue weighted by atomic mass is 9.91. The number of nitrogens with zero attached hydrogens (tertiary/aromatic N) is 4. The first-order valence-electron chi connectivity index (χ1n) is 16.1. The van der Waals surface area contributed by atoms with Crippen molar-refractivity contribution in [2.45, 2.75) is 0 Å². The van der Waals surface area contributed by atoms with Crippen molar-refractivity contribution in [3.63, 3.8) is 0 Å². The molecule has 0 aliphatic heterocycles. The molecule has 4 nitrogen and oxygen atoms in total. The molecule has 222 valence electrons. The van der Waals surface area contributed by atoms with Gasteiger partial charge in [-0.2, -0.15) is 0 Å².